The fraction of sp³-hybridized carbons (Fsp3) is 0.385. The minimum Gasteiger partial charge on any atom is -0.358 e. The molecule has 2 N–H and O–H groups in total. The Hall–Kier alpha value is -1.84. The van der Waals surface area contributed by atoms with Gasteiger partial charge in [-0.2, -0.15) is 0 Å². The van der Waals surface area contributed by atoms with E-state index in [1.165, 1.54) is 5.56 Å². The van der Waals surface area contributed by atoms with Gasteiger partial charge in [0.2, 0.25) is 11.8 Å². The van der Waals surface area contributed by atoms with Gasteiger partial charge in [0.05, 0.1) is 6.54 Å². The Kier molecular flexibility index (Phi) is 5.20. The highest BCUT2D eigenvalue weighted by molar-refractivity contribution is 5.84. The molecule has 1 rings (SSSR count). The van der Waals surface area contributed by atoms with Gasteiger partial charge in [0.25, 0.3) is 0 Å². The normalized spacial score (nSPS) is 9.76. The van der Waals surface area contributed by atoms with Crippen LogP contribution in [0.2, 0.25) is 0 Å². The predicted molar refractivity (Wildman–Crippen MR) is 66.6 cm³/mol. The topological polar surface area (TPSA) is 58.2 Å². The van der Waals surface area contributed by atoms with Gasteiger partial charge in [0, 0.05) is 13.5 Å². The first-order valence-corrected chi connectivity index (χ1v) is 5.64. The monoisotopic (exact) mass is 234 g/mol. The Bertz CT molecular complexity index is 385. The molecule has 1 aromatic carbocycles. The fourth-order valence-corrected chi connectivity index (χ4v) is 1.37. The van der Waals surface area contributed by atoms with E-state index >= 15 is 0 Å². The van der Waals surface area contributed by atoms with Gasteiger partial charge in [-0.25, -0.2) is 0 Å². The van der Waals surface area contributed by atoms with Gasteiger partial charge in [-0.05, 0) is 18.9 Å². The molecule has 0 bridgehead atoms. The molecule has 0 aliphatic carbocycles. The average molecular weight is 234 g/mol. The Morgan fingerprint density at radius 1 is 1.12 bits per heavy atom. The molecular formula is C13H18N2O2. The zero-order valence-corrected chi connectivity index (χ0v) is 10.2. The predicted octanol–water partition coefficient (Wildman–Crippen LogP) is 0.790. The van der Waals surface area contributed by atoms with E-state index in [-0.39, 0.29) is 18.4 Å². The highest BCUT2D eigenvalue weighted by Crippen LogP contribution is 2.05. The molecule has 92 valence electrons. The first-order valence-electron chi connectivity index (χ1n) is 5.64. The number of hydrogen-bond donors (Lipinski definition) is 2. The summed E-state index contributed by atoms with van der Waals surface area (Å²) in [4.78, 5) is 22.3. The molecule has 17 heavy (non-hydrogen) atoms. The second kappa shape index (κ2) is 6.68. The molecule has 0 fully saturated rings. The van der Waals surface area contributed by atoms with Crippen LogP contribution < -0.4 is 10.6 Å². The third kappa shape index (κ3) is 5.15. The van der Waals surface area contributed by atoms with E-state index in [0.717, 1.165) is 5.56 Å². The van der Waals surface area contributed by atoms with E-state index in [1.807, 2.05) is 31.2 Å². The summed E-state index contributed by atoms with van der Waals surface area (Å²) >= 11 is 0. The number of carbonyl (C=O) groups excluding carboxylic acids is 2. The van der Waals surface area contributed by atoms with Gasteiger partial charge in [-0.1, -0.05) is 29.8 Å². The van der Waals surface area contributed by atoms with Gasteiger partial charge >= 0.3 is 0 Å². The van der Waals surface area contributed by atoms with Crippen LogP contribution in [0.5, 0.6) is 0 Å². The molecule has 0 saturated heterocycles. The summed E-state index contributed by atoms with van der Waals surface area (Å²) in [5, 5.41) is 5.01. The van der Waals surface area contributed by atoms with Crippen molar-refractivity contribution in [2.45, 2.75) is 19.8 Å². The Morgan fingerprint density at radius 3 is 2.35 bits per heavy atom. The standard InChI is InChI=1S/C13H18N2O2/c1-10-3-5-11(6-4-10)7-8-12(16)15-9-13(17)14-2/h3-6H,7-9H2,1-2H3,(H,14,17)(H,15,16). The van der Waals surface area contributed by atoms with Crippen molar-refractivity contribution in [2.24, 2.45) is 0 Å². The van der Waals surface area contributed by atoms with Gasteiger partial charge in [0.1, 0.15) is 0 Å². The number of aryl methyl sites for hydroxylation is 2. The van der Waals surface area contributed by atoms with Crippen molar-refractivity contribution in [1.82, 2.24) is 10.6 Å². The zero-order valence-electron chi connectivity index (χ0n) is 10.2. The maximum atomic E-state index is 11.4. The summed E-state index contributed by atoms with van der Waals surface area (Å²) in [6.45, 7) is 2.07. The lowest BCUT2D eigenvalue weighted by Crippen LogP contribution is -2.35. The van der Waals surface area contributed by atoms with Crippen LogP contribution in [-0.4, -0.2) is 25.4 Å². The van der Waals surface area contributed by atoms with E-state index in [1.54, 1.807) is 7.05 Å². The minimum atomic E-state index is -0.186. The molecule has 4 nitrogen and oxygen atoms in total. The van der Waals surface area contributed by atoms with Gasteiger partial charge in [-0.15, -0.1) is 0 Å². The molecule has 2 amide bonds. The van der Waals surface area contributed by atoms with Gasteiger partial charge < -0.3 is 10.6 Å². The van der Waals surface area contributed by atoms with E-state index in [2.05, 4.69) is 10.6 Å². The number of nitrogens with one attached hydrogen (secondary N) is 2. The second-order valence-corrected chi connectivity index (χ2v) is 3.94. The summed E-state index contributed by atoms with van der Waals surface area (Å²) in [6.07, 6.45) is 1.10. The second-order valence-electron chi connectivity index (χ2n) is 3.94. The fourth-order valence-electron chi connectivity index (χ4n) is 1.37. The molecular weight excluding hydrogens is 216 g/mol. The molecule has 0 spiro atoms. The number of hydrogen-bond acceptors (Lipinski definition) is 2. The lowest BCUT2D eigenvalue weighted by Gasteiger charge is -2.04. The number of likely N-dealkylation sites (N-methyl/N-ethyl adjacent to an activating group) is 1. The molecule has 0 unspecified atom stereocenters. The van der Waals surface area contributed by atoms with Gasteiger partial charge in [-0.3, -0.25) is 9.59 Å². The summed E-state index contributed by atoms with van der Waals surface area (Å²) in [7, 11) is 1.54. The summed E-state index contributed by atoms with van der Waals surface area (Å²) in [5.41, 5.74) is 2.34. The van der Waals surface area contributed by atoms with E-state index in [9.17, 15) is 9.59 Å². The summed E-state index contributed by atoms with van der Waals surface area (Å²) in [6, 6.07) is 8.08. The third-order valence-electron chi connectivity index (χ3n) is 2.49. The largest absolute Gasteiger partial charge is 0.358 e. The SMILES string of the molecule is CNC(=O)CNC(=O)CCc1ccc(C)cc1. The van der Waals surface area contributed by atoms with Crippen molar-refractivity contribution in [1.29, 1.82) is 0 Å². The number of carbonyl (C=O) groups is 2. The first-order chi connectivity index (χ1) is 8.11. The molecule has 0 heterocycles. The zero-order chi connectivity index (χ0) is 12.7. The smallest absolute Gasteiger partial charge is 0.239 e. The number of amides is 2. The number of rotatable bonds is 5. The third-order valence-corrected chi connectivity index (χ3v) is 2.49. The van der Waals surface area contributed by atoms with Crippen molar-refractivity contribution >= 4 is 11.8 Å². The summed E-state index contributed by atoms with van der Waals surface area (Å²) in [5.74, 6) is -0.289. The highest BCUT2D eigenvalue weighted by Gasteiger charge is 2.04. The van der Waals surface area contributed by atoms with Crippen LogP contribution in [0.3, 0.4) is 0 Å². The summed E-state index contributed by atoms with van der Waals surface area (Å²) < 4.78 is 0. The molecule has 0 radical (unpaired) electrons. The van der Waals surface area contributed by atoms with Crippen LogP contribution in [0.15, 0.2) is 24.3 Å². The van der Waals surface area contributed by atoms with Crippen LogP contribution in [0.25, 0.3) is 0 Å². The molecule has 0 saturated carbocycles. The van der Waals surface area contributed by atoms with Crippen molar-refractivity contribution < 1.29 is 9.59 Å². The van der Waals surface area contributed by atoms with Crippen LogP contribution >= 0.6 is 0 Å². The highest BCUT2D eigenvalue weighted by atomic mass is 16.2. The molecule has 1 aromatic rings. The maximum Gasteiger partial charge on any atom is 0.239 e. The Labute approximate surface area is 101 Å². The Morgan fingerprint density at radius 2 is 1.76 bits per heavy atom. The quantitative estimate of drug-likeness (QED) is 0.791. The number of benzene rings is 1. The average Bonchev–Trinajstić information content (AvgIpc) is 2.35. The van der Waals surface area contributed by atoms with E-state index in [0.29, 0.717) is 12.8 Å². The van der Waals surface area contributed by atoms with E-state index in [4.69, 9.17) is 0 Å². The van der Waals surface area contributed by atoms with Crippen LogP contribution in [0.4, 0.5) is 0 Å². The molecule has 4 heteroatoms. The molecule has 0 atom stereocenters. The maximum absolute atomic E-state index is 11.4. The van der Waals surface area contributed by atoms with Crippen LogP contribution in [-0.2, 0) is 16.0 Å². The first kappa shape index (κ1) is 13.2. The van der Waals surface area contributed by atoms with Crippen molar-refractivity contribution in [3.63, 3.8) is 0 Å². The van der Waals surface area contributed by atoms with Crippen molar-refractivity contribution in [3.05, 3.63) is 35.4 Å². The molecule has 0 aromatic heterocycles. The lowest BCUT2D eigenvalue weighted by atomic mass is 10.1. The lowest BCUT2D eigenvalue weighted by molar-refractivity contribution is -0.125. The van der Waals surface area contributed by atoms with Crippen LogP contribution in [0, 0.1) is 6.92 Å². The van der Waals surface area contributed by atoms with Crippen molar-refractivity contribution in [3.8, 4) is 0 Å². The Balaban J connectivity index is 2.28. The molecule has 0 aliphatic rings. The van der Waals surface area contributed by atoms with Gasteiger partial charge in [0.15, 0.2) is 0 Å². The van der Waals surface area contributed by atoms with Crippen LogP contribution in [0.1, 0.15) is 17.5 Å². The van der Waals surface area contributed by atoms with E-state index < -0.39 is 0 Å². The minimum absolute atomic E-state index is 0.0449. The van der Waals surface area contributed by atoms with Crippen molar-refractivity contribution in [2.75, 3.05) is 13.6 Å². The molecule has 0 aliphatic heterocycles.